The van der Waals surface area contributed by atoms with Crippen molar-refractivity contribution in [2.45, 2.75) is 25.7 Å². The molecule has 9 heteroatoms. The van der Waals surface area contributed by atoms with Gasteiger partial charge in [-0.15, -0.1) is 22.7 Å². The van der Waals surface area contributed by atoms with Gasteiger partial charge in [-0.2, -0.15) is 0 Å². The number of carbonyl (C=O) groups excluding carboxylic acids is 2. The number of nitrogens with zero attached hydrogens (tertiary/aromatic N) is 2. The van der Waals surface area contributed by atoms with Crippen LogP contribution in [0, 0.1) is 6.92 Å². The van der Waals surface area contributed by atoms with Gasteiger partial charge in [-0.05, 0) is 44.0 Å². The lowest BCUT2D eigenvalue weighted by Gasteiger charge is -2.08. The molecule has 0 spiro atoms. The van der Waals surface area contributed by atoms with Crippen molar-refractivity contribution in [3.8, 4) is 0 Å². The first-order valence-corrected chi connectivity index (χ1v) is 10.4. The second-order valence-corrected chi connectivity index (χ2v) is 8.54. The lowest BCUT2D eigenvalue weighted by atomic mass is 10.1. The van der Waals surface area contributed by atoms with Crippen LogP contribution in [-0.2, 0) is 11.2 Å². The normalized spacial score (nSPS) is 15.4. The molecule has 1 aromatic carbocycles. The Kier molecular flexibility index (Phi) is 4.94. The van der Waals surface area contributed by atoms with Gasteiger partial charge in [-0.1, -0.05) is 11.6 Å². The Bertz CT molecular complexity index is 1010. The van der Waals surface area contributed by atoms with Crippen LogP contribution < -0.4 is 10.6 Å². The molecule has 2 amide bonds. The number of amides is 2. The summed E-state index contributed by atoms with van der Waals surface area (Å²) >= 11 is 8.67. The van der Waals surface area contributed by atoms with Crippen LogP contribution in [0.1, 0.15) is 39.0 Å². The SMILES string of the molecule is Cc1csc(NC(=O)C2CCc3sc(NC(=O)c4ccc(Cl)cc4)nc32)n1. The van der Waals surface area contributed by atoms with Gasteiger partial charge < -0.3 is 5.32 Å². The van der Waals surface area contributed by atoms with Gasteiger partial charge in [-0.3, -0.25) is 14.9 Å². The summed E-state index contributed by atoms with van der Waals surface area (Å²) in [6.07, 6.45) is 1.49. The fourth-order valence-electron chi connectivity index (χ4n) is 2.91. The van der Waals surface area contributed by atoms with Gasteiger partial charge in [0, 0.05) is 20.8 Å². The summed E-state index contributed by atoms with van der Waals surface area (Å²) in [4.78, 5) is 34.7. The molecule has 27 heavy (non-hydrogen) atoms. The standard InChI is InChI=1S/C18H15ClN4O2S2/c1-9-8-26-17(20-9)23-16(25)12-6-7-13-14(12)21-18(27-13)22-15(24)10-2-4-11(19)5-3-10/h2-5,8,12H,6-7H2,1H3,(H,20,23,25)(H,21,22,24). The highest BCUT2D eigenvalue weighted by Gasteiger charge is 2.33. The van der Waals surface area contributed by atoms with E-state index < -0.39 is 0 Å². The van der Waals surface area contributed by atoms with Crippen LogP contribution in [0.3, 0.4) is 0 Å². The van der Waals surface area contributed by atoms with Crippen molar-refractivity contribution in [1.29, 1.82) is 0 Å². The molecule has 2 N–H and O–H groups in total. The quantitative estimate of drug-likeness (QED) is 0.654. The molecular formula is C18H15ClN4O2S2. The molecule has 0 aliphatic heterocycles. The number of carbonyl (C=O) groups is 2. The van der Waals surface area contributed by atoms with Gasteiger partial charge in [0.15, 0.2) is 10.3 Å². The van der Waals surface area contributed by atoms with E-state index in [9.17, 15) is 9.59 Å². The number of benzene rings is 1. The Morgan fingerprint density at radius 2 is 1.93 bits per heavy atom. The van der Waals surface area contributed by atoms with Crippen molar-refractivity contribution in [3.05, 3.63) is 56.5 Å². The molecule has 0 saturated heterocycles. The molecule has 2 aromatic heterocycles. The number of rotatable bonds is 4. The van der Waals surface area contributed by atoms with Crippen LogP contribution in [0.15, 0.2) is 29.6 Å². The highest BCUT2D eigenvalue weighted by Crippen LogP contribution is 2.39. The number of hydrogen-bond acceptors (Lipinski definition) is 6. The van der Waals surface area contributed by atoms with Crippen molar-refractivity contribution < 1.29 is 9.59 Å². The van der Waals surface area contributed by atoms with E-state index in [1.807, 2.05) is 12.3 Å². The average Bonchev–Trinajstić information content (AvgIpc) is 3.31. The fraction of sp³-hybridized carbons (Fsp3) is 0.222. The van der Waals surface area contributed by atoms with Crippen LogP contribution >= 0.6 is 34.3 Å². The van der Waals surface area contributed by atoms with Crippen molar-refractivity contribution >= 4 is 56.4 Å². The predicted octanol–water partition coefficient (Wildman–Crippen LogP) is 4.48. The minimum absolute atomic E-state index is 0.107. The van der Waals surface area contributed by atoms with E-state index in [4.69, 9.17) is 11.6 Å². The number of aryl methyl sites for hydroxylation is 2. The van der Waals surface area contributed by atoms with E-state index in [2.05, 4.69) is 20.6 Å². The molecule has 4 rings (SSSR count). The summed E-state index contributed by atoms with van der Waals surface area (Å²) in [5.41, 5.74) is 2.13. The summed E-state index contributed by atoms with van der Waals surface area (Å²) in [5, 5.41) is 9.23. The smallest absolute Gasteiger partial charge is 0.257 e. The minimum atomic E-state index is -0.318. The van der Waals surface area contributed by atoms with Crippen molar-refractivity contribution in [1.82, 2.24) is 9.97 Å². The molecule has 3 aromatic rings. The fourth-order valence-corrected chi connectivity index (χ4v) is 4.76. The number of hydrogen-bond donors (Lipinski definition) is 2. The third-order valence-electron chi connectivity index (χ3n) is 4.21. The molecule has 0 radical (unpaired) electrons. The monoisotopic (exact) mass is 418 g/mol. The summed E-state index contributed by atoms with van der Waals surface area (Å²) in [6.45, 7) is 1.88. The molecule has 0 saturated carbocycles. The number of halogens is 1. The number of thiazole rings is 2. The van der Waals surface area contributed by atoms with Crippen LogP contribution in [0.5, 0.6) is 0 Å². The van der Waals surface area contributed by atoms with Gasteiger partial charge >= 0.3 is 0 Å². The zero-order valence-electron chi connectivity index (χ0n) is 14.3. The average molecular weight is 419 g/mol. The van der Waals surface area contributed by atoms with Crippen LogP contribution in [-0.4, -0.2) is 21.8 Å². The first kappa shape index (κ1) is 18.1. The Balaban J connectivity index is 1.46. The summed E-state index contributed by atoms with van der Waals surface area (Å²) < 4.78 is 0. The number of nitrogens with one attached hydrogen (secondary N) is 2. The van der Waals surface area contributed by atoms with Gasteiger partial charge in [0.2, 0.25) is 5.91 Å². The lowest BCUT2D eigenvalue weighted by Crippen LogP contribution is -2.20. The van der Waals surface area contributed by atoms with Crippen molar-refractivity contribution in [2.75, 3.05) is 10.6 Å². The van der Waals surface area contributed by atoms with E-state index in [1.54, 1.807) is 24.3 Å². The Hall–Kier alpha value is -2.29. The highest BCUT2D eigenvalue weighted by molar-refractivity contribution is 7.16. The summed E-state index contributed by atoms with van der Waals surface area (Å²) in [5.74, 6) is -0.677. The molecule has 6 nitrogen and oxygen atoms in total. The van der Waals surface area contributed by atoms with Gasteiger partial charge in [0.05, 0.1) is 17.3 Å². The zero-order chi connectivity index (χ0) is 19.0. The molecule has 1 aliphatic rings. The Morgan fingerprint density at radius 1 is 1.15 bits per heavy atom. The predicted molar refractivity (Wildman–Crippen MR) is 108 cm³/mol. The number of aromatic nitrogens is 2. The van der Waals surface area contributed by atoms with Crippen LogP contribution in [0.4, 0.5) is 10.3 Å². The summed E-state index contributed by atoms with van der Waals surface area (Å²) in [6, 6.07) is 6.65. The largest absolute Gasteiger partial charge is 0.301 e. The van der Waals surface area contributed by atoms with E-state index in [-0.39, 0.29) is 17.7 Å². The maximum atomic E-state index is 12.6. The zero-order valence-corrected chi connectivity index (χ0v) is 16.7. The van der Waals surface area contributed by atoms with Gasteiger partial charge in [0.1, 0.15) is 0 Å². The summed E-state index contributed by atoms with van der Waals surface area (Å²) in [7, 11) is 0. The molecule has 0 fully saturated rings. The van der Waals surface area contributed by atoms with Crippen LogP contribution in [0.2, 0.25) is 5.02 Å². The van der Waals surface area contributed by atoms with Crippen molar-refractivity contribution in [2.24, 2.45) is 0 Å². The number of anilines is 2. The van der Waals surface area contributed by atoms with E-state index in [0.717, 1.165) is 29.1 Å². The highest BCUT2D eigenvalue weighted by atomic mass is 35.5. The van der Waals surface area contributed by atoms with Gasteiger partial charge in [0.25, 0.3) is 5.91 Å². The second kappa shape index (κ2) is 7.38. The molecule has 2 heterocycles. The Labute approximate surface area is 168 Å². The minimum Gasteiger partial charge on any atom is -0.301 e. The molecule has 0 bridgehead atoms. The van der Waals surface area contributed by atoms with Crippen molar-refractivity contribution in [3.63, 3.8) is 0 Å². The lowest BCUT2D eigenvalue weighted by molar-refractivity contribution is -0.117. The molecule has 1 unspecified atom stereocenters. The molecular weight excluding hydrogens is 404 g/mol. The van der Waals surface area contributed by atoms with E-state index >= 15 is 0 Å². The molecule has 1 aliphatic carbocycles. The van der Waals surface area contributed by atoms with Gasteiger partial charge in [-0.25, -0.2) is 9.97 Å². The maximum absolute atomic E-state index is 12.6. The van der Waals surface area contributed by atoms with Crippen LogP contribution in [0.25, 0.3) is 0 Å². The van der Waals surface area contributed by atoms with E-state index in [0.29, 0.717) is 20.8 Å². The molecule has 1 atom stereocenters. The second-order valence-electron chi connectivity index (χ2n) is 6.16. The first-order chi connectivity index (χ1) is 13.0. The Morgan fingerprint density at radius 3 is 2.63 bits per heavy atom. The maximum Gasteiger partial charge on any atom is 0.257 e. The number of fused-ring (bicyclic) bond motifs is 1. The molecule has 138 valence electrons. The third-order valence-corrected chi connectivity index (χ3v) is 6.38. The third kappa shape index (κ3) is 3.87. The first-order valence-electron chi connectivity index (χ1n) is 8.29. The van der Waals surface area contributed by atoms with E-state index in [1.165, 1.54) is 22.7 Å². The topological polar surface area (TPSA) is 84.0 Å².